The minimum Gasteiger partial charge on any atom is -0.389 e. The molecule has 0 radical (unpaired) electrons. The fraction of sp³-hybridized carbons (Fsp3) is 0.615. The fourth-order valence-electron chi connectivity index (χ4n) is 2.55. The van der Waals surface area contributed by atoms with Crippen LogP contribution in [0.3, 0.4) is 0 Å². The van der Waals surface area contributed by atoms with E-state index in [4.69, 9.17) is 0 Å². The molecule has 0 amide bonds. The maximum atomic E-state index is 10.1. The molecule has 18 heavy (non-hydrogen) atoms. The molecule has 98 valence electrons. The molecule has 0 atom stereocenters. The van der Waals surface area contributed by atoms with Crippen LogP contribution in [0.1, 0.15) is 36.3 Å². The van der Waals surface area contributed by atoms with Crippen molar-refractivity contribution < 1.29 is 5.11 Å². The van der Waals surface area contributed by atoms with Gasteiger partial charge in [0.15, 0.2) is 4.96 Å². The predicted octanol–water partition coefficient (Wildman–Crippen LogP) is 2.02. The first-order valence-corrected chi connectivity index (χ1v) is 7.32. The number of aryl methyl sites for hydroxylation is 2. The van der Waals surface area contributed by atoms with Gasteiger partial charge in [0.05, 0.1) is 17.0 Å². The summed E-state index contributed by atoms with van der Waals surface area (Å²) < 4.78 is 2.21. The molecule has 0 spiro atoms. The standard InChI is InChI=1S/C13H19N3OS/c1-9-7-18-12-15-10(2)11(16(9)12)6-14-8-13(17)4-3-5-13/h7,14,17H,3-6,8H2,1-2H3. The Morgan fingerprint density at radius 2 is 2.28 bits per heavy atom. The number of hydrogen-bond acceptors (Lipinski definition) is 4. The lowest BCUT2D eigenvalue weighted by atomic mass is 9.80. The highest BCUT2D eigenvalue weighted by molar-refractivity contribution is 7.15. The molecule has 0 saturated heterocycles. The molecule has 2 N–H and O–H groups in total. The molecule has 1 aliphatic rings. The lowest BCUT2D eigenvalue weighted by Crippen LogP contribution is -2.46. The number of fused-ring (bicyclic) bond motifs is 1. The van der Waals surface area contributed by atoms with Crippen molar-refractivity contribution in [3.8, 4) is 0 Å². The molecule has 0 bridgehead atoms. The van der Waals surface area contributed by atoms with Gasteiger partial charge in [-0.2, -0.15) is 0 Å². The molecule has 2 aromatic rings. The Labute approximate surface area is 111 Å². The van der Waals surface area contributed by atoms with Crippen LogP contribution in [-0.4, -0.2) is 26.6 Å². The molecule has 0 aromatic carbocycles. The summed E-state index contributed by atoms with van der Waals surface area (Å²) in [5.74, 6) is 0. The molecule has 3 rings (SSSR count). The highest BCUT2D eigenvalue weighted by atomic mass is 32.1. The third-order valence-corrected chi connectivity index (χ3v) is 4.80. The van der Waals surface area contributed by atoms with E-state index < -0.39 is 5.60 Å². The quantitative estimate of drug-likeness (QED) is 0.889. The Balaban J connectivity index is 1.73. The van der Waals surface area contributed by atoms with Crippen LogP contribution in [0.2, 0.25) is 0 Å². The molecule has 2 aromatic heterocycles. The zero-order valence-electron chi connectivity index (χ0n) is 10.9. The number of aromatic nitrogens is 2. The largest absolute Gasteiger partial charge is 0.389 e. The molecule has 5 heteroatoms. The van der Waals surface area contributed by atoms with Gasteiger partial charge in [-0.15, -0.1) is 11.3 Å². The summed E-state index contributed by atoms with van der Waals surface area (Å²) in [6.07, 6.45) is 3.01. The van der Waals surface area contributed by atoms with Crippen LogP contribution in [-0.2, 0) is 6.54 Å². The van der Waals surface area contributed by atoms with E-state index in [1.54, 1.807) is 11.3 Å². The number of imidazole rings is 1. The zero-order chi connectivity index (χ0) is 12.8. The van der Waals surface area contributed by atoms with Crippen molar-refractivity contribution in [1.82, 2.24) is 14.7 Å². The lowest BCUT2D eigenvalue weighted by molar-refractivity contribution is -0.0315. The molecule has 1 saturated carbocycles. The molecule has 0 aliphatic heterocycles. The summed E-state index contributed by atoms with van der Waals surface area (Å²) in [5.41, 5.74) is 3.07. The fourth-order valence-corrected chi connectivity index (χ4v) is 3.48. The van der Waals surface area contributed by atoms with Gasteiger partial charge in [-0.1, -0.05) is 0 Å². The Morgan fingerprint density at radius 1 is 1.50 bits per heavy atom. The molecule has 2 heterocycles. The van der Waals surface area contributed by atoms with Crippen molar-refractivity contribution >= 4 is 16.3 Å². The van der Waals surface area contributed by atoms with Crippen molar-refractivity contribution in [1.29, 1.82) is 0 Å². The highest BCUT2D eigenvalue weighted by Gasteiger charge is 2.33. The first kappa shape index (κ1) is 12.1. The number of hydrogen-bond donors (Lipinski definition) is 2. The summed E-state index contributed by atoms with van der Waals surface area (Å²) in [5, 5.41) is 15.6. The van der Waals surface area contributed by atoms with Crippen LogP contribution in [0.25, 0.3) is 4.96 Å². The SMILES string of the molecule is Cc1nc2scc(C)n2c1CNCC1(O)CCC1. The zero-order valence-corrected chi connectivity index (χ0v) is 11.7. The summed E-state index contributed by atoms with van der Waals surface area (Å²) in [4.78, 5) is 5.62. The minimum absolute atomic E-state index is 0.457. The normalized spacial score (nSPS) is 18.2. The smallest absolute Gasteiger partial charge is 0.194 e. The van der Waals surface area contributed by atoms with Crippen LogP contribution in [0.4, 0.5) is 0 Å². The van der Waals surface area contributed by atoms with Gasteiger partial charge < -0.3 is 10.4 Å². The van der Waals surface area contributed by atoms with Crippen molar-refractivity contribution in [2.24, 2.45) is 0 Å². The second-order valence-electron chi connectivity index (χ2n) is 5.32. The summed E-state index contributed by atoms with van der Waals surface area (Å²) >= 11 is 1.68. The number of thiazole rings is 1. The lowest BCUT2D eigenvalue weighted by Gasteiger charge is -2.36. The van der Waals surface area contributed by atoms with E-state index in [1.165, 1.54) is 11.4 Å². The van der Waals surface area contributed by atoms with Crippen LogP contribution < -0.4 is 5.32 Å². The van der Waals surface area contributed by atoms with Gasteiger partial charge in [-0.05, 0) is 33.1 Å². The molecular formula is C13H19N3OS. The predicted molar refractivity (Wildman–Crippen MR) is 73.1 cm³/mol. The monoisotopic (exact) mass is 265 g/mol. The Bertz CT molecular complexity index is 568. The highest BCUT2D eigenvalue weighted by Crippen LogP contribution is 2.30. The van der Waals surface area contributed by atoms with Gasteiger partial charge in [0, 0.05) is 24.2 Å². The molecule has 4 nitrogen and oxygen atoms in total. The van der Waals surface area contributed by atoms with E-state index in [9.17, 15) is 5.11 Å². The minimum atomic E-state index is -0.457. The molecule has 1 fully saturated rings. The van der Waals surface area contributed by atoms with Gasteiger partial charge >= 0.3 is 0 Å². The molecule has 0 unspecified atom stereocenters. The first-order valence-electron chi connectivity index (χ1n) is 6.44. The van der Waals surface area contributed by atoms with Crippen molar-refractivity contribution in [3.05, 3.63) is 22.5 Å². The van der Waals surface area contributed by atoms with Crippen molar-refractivity contribution in [2.75, 3.05) is 6.54 Å². The van der Waals surface area contributed by atoms with E-state index in [1.807, 2.05) is 6.92 Å². The number of nitrogens with one attached hydrogen (secondary N) is 1. The average molecular weight is 265 g/mol. The topological polar surface area (TPSA) is 49.6 Å². The molecule has 1 aliphatic carbocycles. The maximum Gasteiger partial charge on any atom is 0.194 e. The number of aliphatic hydroxyl groups is 1. The second-order valence-corrected chi connectivity index (χ2v) is 6.16. The third kappa shape index (κ3) is 1.96. The van der Waals surface area contributed by atoms with E-state index in [2.05, 4.69) is 27.0 Å². The van der Waals surface area contributed by atoms with Crippen LogP contribution in [0, 0.1) is 13.8 Å². The van der Waals surface area contributed by atoms with Crippen molar-refractivity contribution in [2.45, 2.75) is 45.3 Å². The van der Waals surface area contributed by atoms with E-state index in [-0.39, 0.29) is 0 Å². The second kappa shape index (κ2) is 4.33. The van der Waals surface area contributed by atoms with Gasteiger partial charge in [0.25, 0.3) is 0 Å². The van der Waals surface area contributed by atoms with Gasteiger partial charge in [-0.25, -0.2) is 4.98 Å². The van der Waals surface area contributed by atoms with E-state index >= 15 is 0 Å². The first-order chi connectivity index (χ1) is 8.59. The Kier molecular flexibility index (Phi) is 2.92. The summed E-state index contributed by atoms with van der Waals surface area (Å²) in [6, 6.07) is 0. The van der Waals surface area contributed by atoms with Crippen molar-refractivity contribution in [3.63, 3.8) is 0 Å². The summed E-state index contributed by atoms with van der Waals surface area (Å²) in [7, 11) is 0. The maximum absolute atomic E-state index is 10.1. The van der Waals surface area contributed by atoms with Crippen LogP contribution in [0.5, 0.6) is 0 Å². The molecular weight excluding hydrogens is 246 g/mol. The average Bonchev–Trinajstić information content (AvgIpc) is 2.78. The third-order valence-electron chi connectivity index (χ3n) is 3.86. The summed E-state index contributed by atoms with van der Waals surface area (Å²) in [6.45, 7) is 5.61. The number of rotatable bonds is 4. The van der Waals surface area contributed by atoms with Crippen LogP contribution >= 0.6 is 11.3 Å². The van der Waals surface area contributed by atoms with E-state index in [0.29, 0.717) is 6.54 Å². The Morgan fingerprint density at radius 3 is 2.94 bits per heavy atom. The number of nitrogens with zero attached hydrogens (tertiary/aromatic N) is 2. The Hall–Kier alpha value is -0.910. The van der Waals surface area contributed by atoms with E-state index in [0.717, 1.165) is 36.5 Å². The van der Waals surface area contributed by atoms with Gasteiger partial charge in [0.2, 0.25) is 0 Å². The van der Waals surface area contributed by atoms with Gasteiger partial charge in [-0.3, -0.25) is 4.40 Å². The van der Waals surface area contributed by atoms with Gasteiger partial charge in [0.1, 0.15) is 0 Å². The van der Waals surface area contributed by atoms with Crippen LogP contribution in [0.15, 0.2) is 5.38 Å².